The molecule has 2 heterocycles. The number of aromatic nitrogens is 2. The van der Waals surface area contributed by atoms with E-state index in [2.05, 4.69) is 15.6 Å². The fraction of sp³-hybridized carbons (Fsp3) is 0.133. The summed E-state index contributed by atoms with van der Waals surface area (Å²) in [5.41, 5.74) is 0.768. The van der Waals surface area contributed by atoms with Gasteiger partial charge in [0.25, 0.3) is 11.8 Å². The van der Waals surface area contributed by atoms with E-state index in [9.17, 15) is 9.59 Å². The Morgan fingerprint density at radius 3 is 2.65 bits per heavy atom. The summed E-state index contributed by atoms with van der Waals surface area (Å²) >= 11 is 7.41. The number of benzene rings is 1. The number of nitrogens with one attached hydrogen (secondary N) is 2. The van der Waals surface area contributed by atoms with E-state index < -0.39 is 0 Å². The van der Waals surface area contributed by atoms with E-state index in [0.717, 1.165) is 4.96 Å². The van der Waals surface area contributed by atoms with Gasteiger partial charge in [0.15, 0.2) is 4.96 Å². The Balaban J connectivity index is 1.48. The fourth-order valence-corrected chi connectivity index (χ4v) is 2.94. The van der Waals surface area contributed by atoms with Gasteiger partial charge in [-0.1, -0.05) is 23.7 Å². The first-order valence-electron chi connectivity index (χ1n) is 6.88. The molecule has 3 aromatic rings. The summed E-state index contributed by atoms with van der Waals surface area (Å²) < 4.78 is 1.79. The average molecular weight is 349 g/mol. The van der Waals surface area contributed by atoms with E-state index >= 15 is 0 Å². The summed E-state index contributed by atoms with van der Waals surface area (Å²) in [6.45, 7) is 0.609. The summed E-state index contributed by atoms with van der Waals surface area (Å²) in [7, 11) is 0. The molecule has 3 rings (SSSR count). The number of amides is 2. The van der Waals surface area contributed by atoms with Crippen LogP contribution in [0.25, 0.3) is 4.96 Å². The van der Waals surface area contributed by atoms with Gasteiger partial charge in [0, 0.05) is 30.9 Å². The monoisotopic (exact) mass is 348 g/mol. The lowest BCUT2D eigenvalue weighted by Gasteiger charge is -2.07. The van der Waals surface area contributed by atoms with Gasteiger partial charge in [0.1, 0.15) is 5.69 Å². The molecule has 0 aliphatic heterocycles. The van der Waals surface area contributed by atoms with E-state index in [0.29, 0.717) is 29.4 Å². The Hall–Kier alpha value is -2.38. The molecule has 1 aromatic carbocycles. The predicted molar refractivity (Wildman–Crippen MR) is 89.2 cm³/mol. The number of hydrogen-bond donors (Lipinski definition) is 2. The summed E-state index contributed by atoms with van der Waals surface area (Å²) in [6.07, 6.45) is 3.51. The molecule has 0 saturated carbocycles. The van der Waals surface area contributed by atoms with Crippen LogP contribution in [0.4, 0.5) is 0 Å². The number of fused-ring (bicyclic) bond motifs is 1. The second kappa shape index (κ2) is 6.80. The maximum absolute atomic E-state index is 12.0. The molecule has 0 bridgehead atoms. The number of carbonyl (C=O) groups is 2. The van der Waals surface area contributed by atoms with Crippen LogP contribution in [0.1, 0.15) is 20.8 Å². The minimum absolute atomic E-state index is 0.270. The van der Waals surface area contributed by atoms with Gasteiger partial charge in [-0.05, 0) is 12.1 Å². The van der Waals surface area contributed by atoms with Crippen LogP contribution in [0, 0.1) is 0 Å². The minimum Gasteiger partial charge on any atom is -0.350 e. The Morgan fingerprint density at radius 2 is 1.91 bits per heavy atom. The van der Waals surface area contributed by atoms with Crippen LogP contribution in [-0.4, -0.2) is 34.3 Å². The summed E-state index contributed by atoms with van der Waals surface area (Å²) in [5.74, 6) is -0.541. The molecule has 0 atom stereocenters. The molecule has 0 saturated heterocycles. The number of halogens is 1. The van der Waals surface area contributed by atoms with Crippen LogP contribution in [0.2, 0.25) is 5.02 Å². The van der Waals surface area contributed by atoms with Gasteiger partial charge >= 0.3 is 0 Å². The lowest BCUT2D eigenvalue weighted by atomic mass is 10.2. The average Bonchev–Trinajstić information content (AvgIpc) is 3.13. The van der Waals surface area contributed by atoms with Crippen LogP contribution in [0.15, 0.2) is 42.0 Å². The zero-order valence-electron chi connectivity index (χ0n) is 12.0. The van der Waals surface area contributed by atoms with Crippen molar-refractivity contribution in [2.24, 2.45) is 0 Å². The lowest BCUT2D eigenvalue weighted by molar-refractivity contribution is 0.0925. The van der Waals surface area contributed by atoms with Crippen LogP contribution >= 0.6 is 22.9 Å². The molecule has 0 spiro atoms. The van der Waals surface area contributed by atoms with Crippen molar-refractivity contribution in [1.29, 1.82) is 0 Å². The maximum Gasteiger partial charge on any atom is 0.271 e. The van der Waals surface area contributed by atoms with E-state index in [1.807, 2.05) is 11.6 Å². The molecule has 0 unspecified atom stereocenters. The first kappa shape index (κ1) is 15.5. The van der Waals surface area contributed by atoms with Crippen molar-refractivity contribution in [2.75, 3.05) is 13.1 Å². The quantitative estimate of drug-likeness (QED) is 0.694. The number of imidazole rings is 1. The zero-order valence-corrected chi connectivity index (χ0v) is 13.5. The number of hydrogen-bond acceptors (Lipinski definition) is 4. The topological polar surface area (TPSA) is 75.5 Å². The molecular weight excluding hydrogens is 336 g/mol. The molecule has 0 radical (unpaired) electrons. The highest BCUT2D eigenvalue weighted by atomic mass is 35.5. The fourth-order valence-electron chi connectivity index (χ4n) is 2.02. The normalized spacial score (nSPS) is 10.7. The Bertz CT molecular complexity index is 829. The number of rotatable bonds is 5. The molecule has 0 fully saturated rings. The molecular formula is C15H13ClN4O2S. The van der Waals surface area contributed by atoms with Crippen LogP contribution in [-0.2, 0) is 0 Å². The Morgan fingerprint density at radius 1 is 1.17 bits per heavy atom. The molecule has 2 N–H and O–H groups in total. The molecule has 2 amide bonds. The summed E-state index contributed by atoms with van der Waals surface area (Å²) in [6, 6.07) is 6.80. The summed E-state index contributed by atoms with van der Waals surface area (Å²) in [4.78, 5) is 28.9. The molecule has 8 heteroatoms. The maximum atomic E-state index is 12.0. The zero-order chi connectivity index (χ0) is 16.2. The van der Waals surface area contributed by atoms with Crippen molar-refractivity contribution in [2.45, 2.75) is 0 Å². The third-order valence-corrected chi connectivity index (χ3v) is 4.24. The first-order valence-corrected chi connectivity index (χ1v) is 8.14. The van der Waals surface area contributed by atoms with Crippen LogP contribution in [0.3, 0.4) is 0 Å². The lowest BCUT2D eigenvalue weighted by Crippen LogP contribution is -2.34. The molecule has 118 valence electrons. The van der Waals surface area contributed by atoms with Gasteiger partial charge in [-0.3, -0.25) is 14.0 Å². The van der Waals surface area contributed by atoms with Crippen molar-refractivity contribution in [3.63, 3.8) is 0 Å². The second-order valence-electron chi connectivity index (χ2n) is 4.71. The Labute approximate surface area is 141 Å². The molecule has 23 heavy (non-hydrogen) atoms. The van der Waals surface area contributed by atoms with Crippen molar-refractivity contribution in [1.82, 2.24) is 20.0 Å². The van der Waals surface area contributed by atoms with Crippen LogP contribution < -0.4 is 10.6 Å². The SMILES string of the molecule is O=C(NCCNC(=O)c1ccccc1Cl)c1cn2ccsc2n1. The highest BCUT2D eigenvalue weighted by Gasteiger charge is 2.12. The molecule has 0 aliphatic carbocycles. The van der Waals surface area contributed by atoms with E-state index in [1.165, 1.54) is 11.3 Å². The van der Waals surface area contributed by atoms with Crippen molar-refractivity contribution in [3.05, 3.63) is 58.3 Å². The molecule has 6 nitrogen and oxygen atoms in total. The van der Waals surface area contributed by atoms with Gasteiger partial charge in [0.2, 0.25) is 0 Å². The van der Waals surface area contributed by atoms with E-state index in [-0.39, 0.29) is 11.8 Å². The smallest absolute Gasteiger partial charge is 0.271 e. The van der Waals surface area contributed by atoms with Gasteiger partial charge in [-0.25, -0.2) is 4.98 Å². The molecule has 0 aliphatic rings. The first-order chi connectivity index (χ1) is 11.1. The van der Waals surface area contributed by atoms with Crippen molar-refractivity contribution < 1.29 is 9.59 Å². The van der Waals surface area contributed by atoms with Gasteiger partial charge in [-0.15, -0.1) is 11.3 Å². The summed E-state index contributed by atoms with van der Waals surface area (Å²) in [5, 5.41) is 7.71. The van der Waals surface area contributed by atoms with Gasteiger partial charge in [-0.2, -0.15) is 0 Å². The van der Waals surface area contributed by atoms with Crippen molar-refractivity contribution >= 4 is 39.7 Å². The highest BCUT2D eigenvalue weighted by molar-refractivity contribution is 7.15. The van der Waals surface area contributed by atoms with E-state index in [4.69, 9.17) is 11.6 Å². The predicted octanol–water partition coefficient (Wildman–Crippen LogP) is 2.21. The largest absolute Gasteiger partial charge is 0.350 e. The highest BCUT2D eigenvalue weighted by Crippen LogP contribution is 2.14. The number of nitrogens with zero attached hydrogens (tertiary/aromatic N) is 2. The number of thiazole rings is 1. The second-order valence-corrected chi connectivity index (χ2v) is 5.99. The third kappa shape index (κ3) is 3.52. The van der Waals surface area contributed by atoms with Gasteiger partial charge in [0.05, 0.1) is 10.6 Å². The van der Waals surface area contributed by atoms with Gasteiger partial charge < -0.3 is 10.6 Å². The number of carbonyl (C=O) groups excluding carboxylic acids is 2. The van der Waals surface area contributed by atoms with Crippen LogP contribution in [0.5, 0.6) is 0 Å². The Kier molecular flexibility index (Phi) is 4.59. The third-order valence-electron chi connectivity index (χ3n) is 3.14. The van der Waals surface area contributed by atoms with Crippen molar-refractivity contribution in [3.8, 4) is 0 Å². The molecule has 2 aromatic heterocycles. The minimum atomic E-state index is -0.271. The standard InChI is InChI=1S/C15H13ClN4O2S/c16-11-4-2-1-3-10(11)13(21)17-5-6-18-14(22)12-9-20-7-8-23-15(20)19-12/h1-4,7-9H,5-6H2,(H,17,21)(H,18,22). The van der Waals surface area contributed by atoms with E-state index in [1.54, 1.807) is 34.9 Å².